The van der Waals surface area contributed by atoms with Crippen LogP contribution in [0.25, 0.3) is 6.08 Å². The first kappa shape index (κ1) is 15.1. The number of nitrogens with zero attached hydrogens (tertiary/aromatic N) is 2. The van der Waals surface area contributed by atoms with Crippen molar-refractivity contribution in [1.29, 1.82) is 10.5 Å². The summed E-state index contributed by atoms with van der Waals surface area (Å²) in [6.45, 7) is 0. The van der Waals surface area contributed by atoms with Crippen molar-refractivity contribution < 1.29 is 17.9 Å². The van der Waals surface area contributed by atoms with E-state index in [-0.39, 0.29) is 11.3 Å². The smallest absolute Gasteiger partial charge is 0.417 e. The number of ether oxygens (including phenoxy) is 1. The van der Waals surface area contributed by atoms with Crippen molar-refractivity contribution in [2.75, 3.05) is 7.11 Å². The van der Waals surface area contributed by atoms with E-state index in [1.165, 1.54) is 25.3 Å². The van der Waals surface area contributed by atoms with E-state index >= 15 is 0 Å². The summed E-state index contributed by atoms with van der Waals surface area (Å²) in [5.41, 5.74) is -1.78. The summed E-state index contributed by atoms with van der Waals surface area (Å²) in [6, 6.07) is 5.07. The fraction of sp³-hybridized carbons (Fsp3) is 0.167. The highest BCUT2D eigenvalue weighted by atomic mass is 79.9. The van der Waals surface area contributed by atoms with E-state index < -0.39 is 17.3 Å². The fourth-order valence-electron chi connectivity index (χ4n) is 1.40. The lowest BCUT2D eigenvalue weighted by atomic mass is 10.0. The topological polar surface area (TPSA) is 56.8 Å². The molecule has 0 spiro atoms. The van der Waals surface area contributed by atoms with E-state index in [2.05, 4.69) is 15.9 Å². The molecule has 19 heavy (non-hydrogen) atoms. The Balaban J connectivity index is 3.67. The van der Waals surface area contributed by atoms with Crippen LogP contribution in [0.15, 0.2) is 22.2 Å². The molecule has 1 aromatic rings. The van der Waals surface area contributed by atoms with Crippen molar-refractivity contribution in [3.05, 3.63) is 33.3 Å². The predicted octanol–water partition coefficient (Wildman–Crippen LogP) is 3.91. The second kappa shape index (κ2) is 5.77. The molecule has 0 aromatic heterocycles. The van der Waals surface area contributed by atoms with Gasteiger partial charge in [0.2, 0.25) is 0 Å². The molecule has 0 unspecified atom stereocenters. The average Bonchev–Trinajstić information content (AvgIpc) is 2.34. The van der Waals surface area contributed by atoms with Gasteiger partial charge in [0, 0.05) is 5.56 Å². The molecule has 0 saturated heterocycles. The third kappa shape index (κ3) is 3.27. The van der Waals surface area contributed by atoms with Crippen LogP contribution in [-0.2, 0) is 6.18 Å². The van der Waals surface area contributed by atoms with Crippen LogP contribution < -0.4 is 4.74 Å². The van der Waals surface area contributed by atoms with Gasteiger partial charge in [-0.25, -0.2) is 0 Å². The summed E-state index contributed by atoms with van der Waals surface area (Å²) < 4.78 is 43.9. The van der Waals surface area contributed by atoms with Crippen molar-refractivity contribution in [1.82, 2.24) is 0 Å². The molecule has 0 saturated carbocycles. The number of benzene rings is 1. The second-order valence-electron chi connectivity index (χ2n) is 3.32. The second-order valence-corrected chi connectivity index (χ2v) is 4.18. The Hall–Kier alpha value is -1.99. The monoisotopic (exact) mass is 330 g/mol. The summed E-state index contributed by atoms with van der Waals surface area (Å²) >= 11 is 3.05. The van der Waals surface area contributed by atoms with E-state index in [0.717, 1.165) is 12.1 Å². The molecular formula is C12H6BrF3N2O. The van der Waals surface area contributed by atoms with Gasteiger partial charge in [-0.2, -0.15) is 23.7 Å². The molecule has 3 nitrogen and oxygen atoms in total. The van der Waals surface area contributed by atoms with Crippen LogP contribution in [0.5, 0.6) is 5.75 Å². The number of rotatable bonds is 2. The van der Waals surface area contributed by atoms with Crippen LogP contribution >= 0.6 is 15.9 Å². The molecule has 98 valence electrons. The van der Waals surface area contributed by atoms with Crippen molar-refractivity contribution in [2.45, 2.75) is 6.18 Å². The molecule has 1 rings (SSSR count). The Morgan fingerprint density at radius 1 is 1.32 bits per heavy atom. The van der Waals surface area contributed by atoms with Crippen LogP contribution in [0.2, 0.25) is 0 Å². The van der Waals surface area contributed by atoms with Gasteiger partial charge < -0.3 is 4.74 Å². The molecule has 7 heteroatoms. The highest BCUT2D eigenvalue weighted by Gasteiger charge is 2.34. The van der Waals surface area contributed by atoms with Crippen molar-refractivity contribution in [3.8, 4) is 17.9 Å². The molecule has 0 fully saturated rings. The van der Waals surface area contributed by atoms with Gasteiger partial charge in [-0.3, -0.25) is 0 Å². The van der Waals surface area contributed by atoms with Gasteiger partial charge in [0.25, 0.3) is 0 Å². The summed E-state index contributed by atoms with van der Waals surface area (Å²) in [5, 5.41) is 17.3. The molecule has 0 heterocycles. The van der Waals surface area contributed by atoms with Crippen molar-refractivity contribution in [3.63, 3.8) is 0 Å². The number of methoxy groups -OCH3 is 1. The van der Waals surface area contributed by atoms with Crippen molar-refractivity contribution >= 4 is 22.0 Å². The average molecular weight is 331 g/mol. The molecule has 0 N–H and O–H groups in total. The summed E-state index contributed by atoms with van der Waals surface area (Å²) in [5.74, 6) is -0.0853. The minimum atomic E-state index is -4.62. The van der Waals surface area contributed by atoms with Crippen LogP contribution in [0.1, 0.15) is 11.1 Å². The Morgan fingerprint density at radius 2 is 1.89 bits per heavy atom. The quantitative estimate of drug-likeness (QED) is 0.772. The molecule has 0 aliphatic carbocycles. The standard InChI is InChI=1S/C12H6BrF3N2O/c1-19-11-8(4-7(5-17)6-18)9(12(14,15)16)2-3-10(11)13/h2-4H,1H3. The maximum absolute atomic E-state index is 12.9. The van der Waals surface area contributed by atoms with Crippen molar-refractivity contribution in [2.24, 2.45) is 0 Å². The Labute approximate surface area is 115 Å². The zero-order valence-corrected chi connectivity index (χ0v) is 11.1. The lowest BCUT2D eigenvalue weighted by molar-refractivity contribution is -0.137. The first-order valence-corrected chi connectivity index (χ1v) is 5.60. The normalized spacial score (nSPS) is 10.3. The first-order valence-electron chi connectivity index (χ1n) is 4.80. The summed E-state index contributed by atoms with van der Waals surface area (Å²) in [4.78, 5) is 0. The lowest BCUT2D eigenvalue weighted by Crippen LogP contribution is -2.09. The van der Waals surface area contributed by atoms with E-state index in [1.807, 2.05) is 0 Å². The lowest BCUT2D eigenvalue weighted by Gasteiger charge is -2.15. The molecule has 0 atom stereocenters. The SMILES string of the molecule is COc1c(Br)ccc(C(F)(F)F)c1C=C(C#N)C#N. The van der Waals surface area contributed by atoms with E-state index in [9.17, 15) is 13.2 Å². The predicted molar refractivity (Wildman–Crippen MR) is 64.9 cm³/mol. The van der Waals surface area contributed by atoms with Crippen LogP contribution in [0.4, 0.5) is 13.2 Å². The zero-order chi connectivity index (χ0) is 14.6. The zero-order valence-electron chi connectivity index (χ0n) is 9.55. The first-order chi connectivity index (χ1) is 8.85. The van der Waals surface area contributed by atoms with Crippen LogP contribution in [-0.4, -0.2) is 7.11 Å². The number of hydrogen-bond donors (Lipinski definition) is 0. The van der Waals surface area contributed by atoms with Gasteiger partial charge in [0.15, 0.2) is 0 Å². The molecule has 0 amide bonds. The molecule has 0 bridgehead atoms. The largest absolute Gasteiger partial charge is 0.495 e. The molecule has 0 aliphatic heterocycles. The van der Waals surface area contributed by atoms with Gasteiger partial charge in [0.1, 0.15) is 23.5 Å². The molecule has 1 aromatic carbocycles. The fourth-order valence-corrected chi connectivity index (χ4v) is 1.91. The van der Waals surface area contributed by atoms with Crippen LogP contribution in [0, 0.1) is 22.7 Å². The number of halogens is 4. The minimum absolute atomic E-state index is 0.0853. The minimum Gasteiger partial charge on any atom is -0.495 e. The maximum atomic E-state index is 12.9. The summed E-state index contributed by atoms with van der Waals surface area (Å²) in [6.07, 6.45) is -3.76. The third-order valence-electron chi connectivity index (χ3n) is 2.19. The number of nitriles is 2. The molecule has 0 aliphatic rings. The van der Waals surface area contributed by atoms with E-state index in [4.69, 9.17) is 15.3 Å². The number of alkyl halides is 3. The van der Waals surface area contributed by atoms with Gasteiger partial charge in [-0.1, -0.05) is 0 Å². The molecule has 0 radical (unpaired) electrons. The van der Waals surface area contributed by atoms with Crippen LogP contribution in [0.3, 0.4) is 0 Å². The highest BCUT2D eigenvalue weighted by Crippen LogP contribution is 2.40. The summed E-state index contributed by atoms with van der Waals surface area (Å²) in [7, 11) is 1.20. The van der Waals surface area contributed by atoms with Gasteiger partial charge in [-0.15, -0.1) is 0 Å². The highest BCUT2D eigenvalue weighted by molar-refractivity contribution is 9.10. The third-order valence-corrected chi connectivity index (χ3v) is 2.81. The Bertz CT molecular complexity index is 593. The Morgan fingerprint density at radius 3 is 2.32 bits per heavy atom. The van der Waals surface area contributed by atoms with Gasteiger partial charge in [-0.05, 0) is 34.1 Å². The Kier molecular flexibility index (Phi) is 4.57. The van der Waals surface area contributed by atoms with E-state index in [0.29, 0.717) is 4.47 Å². The van der Waals surface area contributed by atoms with Gasteiger partial charge in [0.05, 0.1) is 17.1 Å². The number of hydrogen-bond acceptors (Lipinski definition) is 3. The van der Waals surface area contributed by atoms with Gasteiger partial charge >= 0.3 is 6.18 Å². The number of allylic oxidation sites excluding steroid dienone is 1. The molecular weight excluding hydrogens is 325 g/mol. The van der Waals surface area contributed by atoms with E-state index in [1.54, 1.807) is 0 Å². The maximum Gasteiger partial charge on any atom is 0.417 e.